The van der Waals surface area contributed by atoms with E-state index in [0.717, 1.165) is 18.4 Å². The number of nitrogens with two attached hydrogens (primary N) is 1. The fourth-order valence-corrected chi connectivity index (χ4v) is 3.06. The number of amidine groups is 1. The van der Waals surface area contributed by atoms with Crippen LogP contribution in [0.3, 0.4) is 0 Å². The van der Waals surface area contributed by atoms with Crippen LogP contribution in [-0.2, 0) is 0 Å². The summed E-state index contributed by atoms with van der Waals surface area (Å²) < 4.78 is 0. The molecule has 1 aromatic carbocycles. The number of hydrogen-bond donors (Lipinski definition) is 3. The number of nitrogens with one attached hydrogen (secondary N) is 1. The largest absolute Gasteiger partial charge is 0.409 e. The Labute approximate surface area is 121 Å². The second-order valence-corrected chi connectivity index (χ2v) is 5.95. The van der Waals surface area contributed by atoms with Crippen LogP contribution >= 0.6 is 0 Å². The van der Waals surface area contributed by atoms with Crippen LogP contribution in [0.4, 0.5) is 0 Å². The summed E-state index contributed by atoms with van der Waals surface area (Å²) in [5.74, 6) is 1.87. The van der Waals surface area contributed by atoms with Gasteiger partial charge in [0.05, 0.1) is 0 Å². The van der Waals surface area contributed by atoms with Gasteiger partial charge in [-0.05, 0) is 36.8 Å². The molecule has 3 unspecified atom stereocenters. The molecule has 1 fully saturated rings. The summed E-state index contributed by atoms with van der Waals surface area (Å²) in [4.78, 5) is 0. The zero-order valence-electron chi connectivity index (χ0n) is 12.1. The molecule has 20 heavy (non-hydrogen) atoms. The molecular weight excluding hydrogens is 250 g/mol. The molecule has 0 heterocycles. The van der Waals surface area contributed by atoms with Crippen molar-refractivity contribution in [1.29, 1.82) is 0 Å². The summed E-state index contributed by atoms with van der Waals surface area (Å²) in [6.45, 7) is 3.33. The smallest absolute Gasteiger partial charge is 0.141 e. The van der Waals surface area contributed by atoms with Crippen molar-refractivity contribution in [1.82, 2.24) is 5.32 Å². The maximum atomic E-state index is 8.78. The third-order valence-corrected chi connectivity index (χ3v) is 4.20. The number of nitrogens with zero attached hydrogens (tertiary/aromatic N) is 1. The van der Waals surface area contributed by atoms with Gasteiger partial charge in [-0.25, -0.2) is 0 Å². The average Bonchev–Trinajstić information content (AvgIpc) is 2.89. The number of hydrogen-bond acceptors (Lipinski definition) is 3. The van der Waals surface area contributed by atoms with Gasteiger partial charge < -0.3 is 16.3 Å². The van der Waals surface area contributed by atoms with Gasteiger partial charge in [-0.2, -0.15) is 0 Å². The minimum absolute atomic E-state index is 0.114. The van der Waals surface area contributed by atoms with E-state index in [1.807, 2.05) is 18.2 Å². The SMILES string of the molecule is CC1CCC(CNC(C/C(N)=N/O)c2ccccc2)C1. The molecule has 0 bridgehead atoms. The molecule has 0 radical (unpaired) electrons. The topological polar surface area (TPSA) is 70.6 Å². The molecule has 1 aromatic rings. The van der Waals surface area contributed by atoms with Gasteiger partial charge in [0, 0.05) is 12.5 Å². The Morgan fingerprint density at radius 2 is 2.15 bits per heavy atom. The lowest BCUT2D eigenvalue weighted by atomic mass is 10.0. The Kier molecular flexibility index (Phi) is 5.41. The Morgan fingerprint density at radius 3 is 2.75 bits per heavy atom. The molecule has 1 saturated carbocycles. The Morgan fingerprint density at radius 1 is 1.40 bits per heavy atom. The standard InChI is InChI=1S/C16H25N3O/c1-12-7-8-13(9-12)11-18-15(10-16(17)19-20)14-5-3-2-4-6-14/h2-6,12-13,15,18,20H,7-11H2,1H3,(H2,17,19). The van der Waals surface area contributed by atoms with Gasteiger partial charge in [-0.1, -0.05) is 48.8 Å². The second-order valence-electron chi connectivity index (χ2n) is 5.95. The van der Waals surface area contributed by atoms with E-state index in [-0.39, 0.29) is 11.9 Å². The molecule has 110 valence electrons. The molecule has 4 N–H and O–H groups in total. The Hall–Kier alpha value is -1.55. The maximum Gasteiger partial charge on any atom is 0.141 e. The molecule has 1 aliphatic rings. The summed E-state index contributed by atoms with van der Waals surface area (Å²) in [6.07, 6.45) is 4.47. The highest BCUT2D eigenvalue weighted by Crippen LogP contribution is 2.30. The number of oxime groups is 1. The lowest BCUT2D eigenvalue weighted by molar-refractivity contribution is 0.315. The van der Waals surface area contributed by atoms with Gasteiger partial charge in [-0.3, -0.25) is 0 Å². The zero-order valence-corrected chi connectivity index (χ0v) is 12.1. The predicted octanol–water partition coefficient (Wildman–Crippen LogP) is 2.89. The monoisotopic (exact) mass is 275 g/mol. The van der Waals surface area contributed by atoms with Crippen molar-refractivity contribution in [2.24, 2.45) is 22.7 Å². The lowest BCUT2D eigenvalue weighted by Crippen LogP contribution is -2.30. The minimum Gasteiger partial charge on any atom is -0.409 e. The zero-order chi connectivity index (χ0) is 14.4. The highest BCUT2D eigenvalue weighted by Gasteiger charge is 2.22. The molecular formula is C16H25N3O. The maximum absolute atomic E-state index is 8.78. The van der Waals surface area contributed by atoms with E-state index in [4.69, 9.17) is 10.9 Å². The van der Waals surface area contributed by atoms with Crippen molar-refractivity contribution >= 4 is 5.84 Å². The summed E-state index contributed by atoms with van der Waals surface area (Å²) >= 11 is 0. The lowest BCUT2D eigenvalue weighted by Gasteiger charge is -2.21. The van der Waals surface area contributed by atoms with E-state index in [1.54, 1.807) is 0 Å². The highest BCUT2D eigenvalue weighted by atomic mass is 16.4. The first-order valence-corrected chi connectivity index (χ1v) is 7.43. The average molecular weight is 275 g/mol. The fraction of sp³-hybridized carbons (Fsp3) is 0.562. The summed E-state index contributed by atoms with van der Waals surface area (Å²) in [5.41, 5.74) is 6.86. The van der Waals surface area contributed by atoms with Crippen LogP contribution in [0.1, 0.15) is 44.2 Å². The van der Waals surface area contributed by atoms with Crippen LogP contribution in [0.25, 0.3) is 0 Å². The quantitative estimate of drug-likeness (QED) is 0.323. The van der Waals surface area contributed by atoms with E-state index < -0.39 is 0 Å². The summed E-state index contributed by atoms with van der Waals surface area (Å²) in [7, 11) is 0. The highest BCUT2D eigenvalue weighted by molar-refractivity contribution is 5.80. The van der Waals surface area contributed by atoms with Crippen molar-refractivity contribution in [3.8, 4) is 0 Å². The normalized spacial score (nSPS) is 24.8. The fourth-order valence-electron chi connectivity index (χ4n) is 3.06. The third kappa shape index (κ3) is 4.23. The van der Waals surface area contributed by atoms with Crippen LogP contribution in [-0.4, -0.2) is 17.6 Å². The van der Waals surface area contributed by atoms with Crippen LogP contribution in [0.15, 0.2) is 35.5 Å². The van der Waals surface area contributed by atoms with E-state index >= 15 is 0 Å². The van der Waals surface area contributed by atoms with Gasteiger partial charge in [0.15, 0.2) is 0 Å². The molecule has 3 atom stereocenters. The van der Waals surface area contributed by atoms with E-state index in [1.165, 1.54) is 24.8 Å². The summed E-state index contributed by atoms with van der Waals surface area (Å²) in [6, 6.07) is 10.3. The first-order chi connectivity index (χ1) is 9.69. The second kappa shape index (κ2) is 7.29. The van der Waals surface area contributed by atoms with E-state index in [0.29, 0.717) is 6.42 Å². The van der Waals surface area contributed by atoms with Crippen LogP contribution in [0, 0.1) is 11.8 Å². The van der Waals surface area contributed by atoms with Crippen molar-refractivity contribution in [3.63, 3.8) is 0 Å². The molecule has 0 amide bonds. The predicted molar refractivity (Wildman–Crippen MR) is 81.7 cm³/mol. The van der Waals surface area contributed by atoms with Gasteiger partial charge in [0.25, 0.3) is 0 Å². The van der Waals surface area contributed by atoms with Crippen molar-refractivity contribution in [3.05, 3.63) is 35.9 Å². The molecule has 4 nitrogen and oxygen atoms in total. The first-order valence-electron chi connectivity index (χ1n) is 7.43. The van der Waals surface area contributed by atoms with Gasteiger partial charge in [0.2, 0.25) is 0 Å². The van der Waals surface area contributed by atoms with E-state index in [9.17, 15) is 0 Å². The van der Waals surface area contributed by atoms with Gasteiger partial charge >= 0.3 is 0 Å². The molecule has 2 rings (SSSR count). The van der Waals surface area contributed by atoms with E-state index in [2.05, 4.69) is 29.5 Å². The van der Waals surface area contributed by atoms with Crippen molar-refractivity contribution in [2.45, 2.75) is 38.6 Å². The van der Waals surface area contributed by atoms with Crippen LogP contribution in [0.2, 0.25) is 0 Å². The Bertz CT molecular complexity index is 433. The van der Waals surface area contributed by atoms with Gasteiger partial charge in [-0.15, -0.1) is 0 Å². The molecule has 4 heteroatoms. The van der Waals surface area contributed by atoms with Crippen molar-refractivity contribution < 1.29 is 5.21 Å². The molecule has 0 aromatic heterocycles. The van der Waals surface area contributed by atoms with Crippen molar-refractivity contribution in [2.75, 3.05) is 6.54 Å². The first kappa shape index (κ1) is 14.9. The summed E-state index contributed by atoms with van der Waals surface area (Å²) in [5, 5.41) is 15.5. The molecule has 1 aliphatic carbocycles. The number of rotatable bonds is 6. The van der Waals surface area contributed by atoms with Gasteiger partial charge in [0.1, 0.15) is 5.84 Å². The number of benzene rings is 1. The molecule has 0 saturated heterocycles. The minimum atomic E-state index is 0.114. The Balaban J connectivity index is 1.96. The molecule has 0 aliphatic heterocycles. The van der Waals surface area contributed by atoms with Crippen LogP contribution in [0.5, 0.6) is 0 Å². The van der Waals surface area contributed by atoms with Crippen LogP contribution < -0.4 is 11.1 Å². The molecule has 0 spiro atoms. The third-order valence-electron chi connectivity index (χ3n) is 4.20.